The largest absolute Gasteiger partial charge is 0.462 e. The molecule has 0 aliphatic heterocycles. The molecule has 0 rings (SSSR count). The number of rotatable bonds is 50. The fraction of sp³-hybridized carbons (Fsp3) is 0.750. The van der Waals surface area contributed by atoms with E-state index in [2.05, 4.69) is 93.7 Å². The predicted molar refractivity (Wildman–Crippen MR) is 284 cm³/mol. The van der Waals surface area contributed by atoms with Crippen molar-refractivity contribution in [2.24, 2.45) is 0 Å². The van der Waals surface area contributed by atoms with Crippen LogP contribution in [0.15, 0.2) is 72.9 Å². The second-order valence-electron chi connectivity index (χ2n) is 18.5. The molecule has 0 aliphatic rings. The van der Waals surface area contributed by atoms with Crippen molar-refractivity contribution in [2.45, 2.75) is 277 Å². The smallest absolute Gasteiger partial charge is 0.306 e. The molecule has 0 amide bonds. The molecule has 0 bridgehead atoms. The first-order valence-corrected chi connectivity index (χ1v) is 27.9. The van der Waals surface area contributed by atoms with E-state index in [-0.39, 0.29) is 37.5 Å². The Morgan fingerprint density at radius 2 is 0.561 bits per heavy atom. The quantitative estimate of drug-likeness (QED) is 0.0262. The lowest BCUT2D eigenvalue weighted by Gasteiger charge is -2.18. The van der Waals surface area contributed by atoms with Gasteiger partial charge in [0.15, 0.2) is 6.10 Å². The van der Waals surface area contributed by atoms with Crippen LogP contribution in [0.25, 0.3) is 0 Å². The second-order valence-corrected chi connectivity index (χ2v) is 18.5. The summed E-state index contributed by atoms with van der Waals surface area (Å²) in [6.07, 6.45) is 68.9. The molecule has 0 aromatic rings. The van der Waals surface area contributed by atoms with E-state index in [9.17, 15) is 14.4 Å². The predicted octanol–water partition coefficient (Wildman–Crippen LogP) is 18.6. The summed E-state index contributed by atoms with van der Waals surface area (Å²) in [5.41, 5.74) is 0. The van der Waals surface area contributed by atoms with Gasteiger partial charge in [-0.15, -0.1) is 0 Å². The maximum Gasteiger partial charge on any atom is 0.306 e. The summed E-state index contributed by atoms with van der Waals surface area (Å²) in [5, 5.41) is 0. The topological polar surface area (TPSA) is 78.9 Å². The molecule has 0 N–H and O–H groups in total. The van der Waals surface area contributed by atoms with E-state index in [1.54, 1.807) is 0 Å². The second kappa shape index (κ2) is 54.5. The van der Waals surface area contributed by atoms with Gasteiger partial charge in [-0.1, -0.05) is 216 Å². The SMILES string of the molecule is CCCCC/C=C\C/C=C\C/C=C\C/C=C\CCCC(=O)OC[C@@H](COC(=O)CCCCCCC/C=C\CCCCCCCC)OC(=O)CCCCCCC/C=C\CCCCCCCCC. The minimum Gasteiger partial charge on any atom is -0.462 e. The van der Waals surface area contributed by atoms with E-state index in [1.807, 2.05) is 0 Å². The van der Waals surface area contributed by atoms with Crippen LogP contribution < -0.4 is 0 Å². The lowest BCUT2D eigenvalue weighted by Crippen LogP contribution is -2.30. The normalized spacial score (nSPS) is 12.6. The van der Waals surface area contributed by atoms with Gasteiger partial charge in [0.25, 0.3) is 0 Å². The first-order chi connectivity index (χ1) is 32.5. The van der Waals surface area contributed by atoms with E-state index in [0.29, 0.717) is 19.3 Å². The molecule has 0 fully saturated rings. The number of unbranched alkanes of at least 4 members (excludes halogenated alkanes) is 27. The Hall–Kier alpha value is -3.15. The molecule has 0 saturated heterocycles. The summed E-state index contributed by atoms with van der Waals surface area (Å²) in [7, 11) is 0. The zero-order chi connectivity index (χ0) is 47.9. The number of carbonyl (C=O) groups excluding carboxylic acids is 3. The lowest BCUT2D eigenvalue weighted by atomic mass is 10.1. The molecule has 0 aliphatic carbocycles. The molecule has 0 saturated carbocycles. The maximum atomic E-state index is 12.8. The first kappa shape index (κ1) is 62.8. The van der Waals surface area contributed by atoms with Crippen molar-refractivity contribution in [3.63, 3.8) is 0 Å². The van der Waals surface area contributed by atoms with Gasteiger partial charge < -0.3 is 14.2 Å². The minimum absolute atomic E-state index is 0.0996. The molecule has 0 spiro atoms. The van der Waals surface area contributed by atoms with Crippen LogP contribution in [0.5, 0.6) is 0 Å². The number of carbonyl (C=O) groups is 3. The molecule has 0 aromatic carbocycles. The van der Waals surface area contributed by atoms with Crippen LogP contribution in [0.4, 0.5) is 0 Å². The van der Waals surface area contributed by atoms with E-state index in [4.69, 9.17) is 14.2 Å². The highest BCUT2D eigenvalue weighted by molar-refractivity contribution is 5.71. The third kappa shape index (κ3) is 51.8. The lowest BCUT2D eigenvalue weighted by molar-refractivity contribution is -0.167. The van der Waals surface area contributed by atoms with Crippen molar-refractivity contribution < 1.29 is 28.6 Å². The van der Waals surface area contributed by atoms with Crippen LogP contribution in [-0.4, -0.2) is 37.2 Å². The van der Waals surface area contributed by atoms with Crippen LogP contribution in [0.3, 0.4) is 0 Å². The third-order valence-corrected chi connectivity index (χ3v) is 11.9. The molecule has 0 radical (unpaired) electrons. The summed E-state index contributed by atoms with van der Waals surface area (Å²) in [4.78, 5) is 38.1. The first-order valence-electron chi connectivity index (χ1n) is 27.9. The van der Waals surface area contributed by atoms with E-state index in [0.717, 1.165) is 83.5 Å². The number of allylic oxidation sites excluding steroid dienone is 12. The number of ether oxygens (including phenoxy) is 3. The molecular weight excluding hydrogens is 817 g/mol. The Kier molecular flexibility index (Phi) is 51.9. The number of esters is 3. The molecule has 380 valence electrons. The van der Waals surface area contributed by atoms with Gasteiger partial charge in [-0.3, -0.25) is 14.4 Å². The van der Waals surface area contributed by atoms with Gasteiger partial charge in [0.05, 0.1) is 0 Å². The van der Waals surface area contributed by atoms with Crippen LogP contribution in [-0.2, 0) is 28.6 Å². The van der Waals surface area contributed by atoms with Crippen LogP contribution in [0.2, 0.25) is 0 Å². The number of hydrogen-bond acceptors (Lipinski definition) is 6. The van der Waals surface area contributed by atoms with Gasteiger partial charge in [-0.2, -0.15) is 0 Å². The molecule has 6 heteroatoms. The summed E-state index contributed by atoms with van der Waals surface area (Å²) in [6, 6.07) is 0. The Bertz CT molecular complexity index is 1240. The Morgan fingerprint density at radius 1 is 0.303 bits per heavy atom. The van der Waals surface area contributed by atoms with Crippen molar-refractivity contribution in [3.8, 4) is 0 Å². The maximum absolute atomic E-state index is 12.8. The monoisotopic (exact) mass is 921 g/mol. The minimum atomic E-state index is -0.805. The average molecular weight is 921 g/mol. The Balaban J connectivity index is 4.49. The van der Waals surface area contributed by atoms with Crippen LogP contribution in [0.1, 0.15) is 271 Å². The molecule has 1 atom stereocenters. The van der Waals surface area contributed by atoms with E-state index in [1.165, 1.54) is 141 Å². The highest BCUT2D eigenvalue weighted by Gasteiger charge is 2.19. The molecule has 6 nitrogen and oxygen atoms in total. The Morgan fingerprint density at radius 3 is 0.955 bits per heavy atom. The highest BCUT2D eigenvalue weighted by atomic mass is 16.6. The number of hydrogen-bond donors (Lipinski definition) is 0. The van der Waals surface area contributed by atoms with Crippen molar-refractivity contribution in [3.05, 3.63) is 72.9 Å². The van der Waals surface area contributed by atoms with Gasteiger partial charge in [0, 0.05) is 19.3 Å². The summed E-state index contributed by atoms with van der Waals surface area (Å²) < 4.78 is 16.8. The fourth-order valence-electron chi connectivity index (χ4n) is 7.66. The molecular formula is C60H104O6. The summed E-state index contributed by atoms with van der Waals surface area (Å²) >= 11 is 0. The van der Waals surface area contributed by atoms with Crippen molar-refractivity contribution in [2.75, 3.05) is 13.2 Å². The van der Waals surface area contributed by atoms with Gasteiger partial charge in [0.2, 0.25) is 0 Å². The standard InChI is InChI=1S/C60H104O6/c1-4-7-10-13-16-19-22-25-28-30-33-35-38-41-44-47-50-53-59(62)65-56-57(55-64-58(61)52-49-46-43-40-37-34-31-27-24-21-18-15-12-9-6-3)66-60(63)54-51-48-45-42-39-36-32-29-26-23-20-17-14-11-8-5-2/h16,19,25,27-29,31-33,35,41,44,57H,4-15,17-18,20-24,26,30,34,36-40,42-43,45-56H2,1-3H3/b19-16-,28-25-,31-27-,32-29-,35-33-,44-41-/t57-/m1/s1. The fourth-order valence-corrected chi connectivity index (χ4v) is 7.66. The molecule has 66 heavy (non-hydrogen) atoms. The average Bonchev–Trinajstić information content (AvgIpc) is 3.31. The summed E-state index contributed by atoms with van der Waals surface area (Å²) in [6.45, 7) is 6.55. The zero-order valence-corrected chi connectivity index (χ0v) is 43.4. The highest BCUT2D eigenvalue weighted by Crippen LogP contribution is 2.14. The third-order valence-electron chi connectivity index (χ3n) is 11.9. The van der Waals surface area contributed by atoms with Crippen LogP contribution in [0, 0.1) is 0 Å². The molecule has 0 unspecified atom stereocenters. The van der Waals surface area contributed by atoms with Gasteiger partial charge in [-0.25, -0.2) is 0 Å². The van der Waals surface area contributed by atoms with Gasteiger partial charge >= 0.3 is 17.9 Å². The molecule has 0 aromatic heterocycles. The van der Waals surface area contributed by atoms with Gasteiger partial charge in [0.1, 0.15) is 13.2 Å². The molecule has 0 heterocycles. The van der Waals surface area contributed by atoms with E-state index < -0.39 is 6.10 Å². The van der Waals surface area contributed by atoms with Crippen molar-refractivity contribution in [1.29, 1.82) is 0 Å². The Labute approximate surface area is 408 Å². The van der Waals surface area contributed by atoms with Crippen LogP contribution >= 0.6 is 0 Å². The zero-order valence-electron chi connectivity index (χ0n) is 43.4. The van der Waals surface area contributed by atoms with Crippen molar-refractivity contribution in [1.82, 2.24) is 0 Å². The van der Waals surface area contributed by atoms with Crippen molar-refractivity contribution >= 4 is 17.9 Å². The summed E-state index contributed by atoms with van der Waals surface area (Å²) in [5.74, 6) is -0.968. The van der Waals surface area contributed by atoms with Gasteiger partial charge in [-0.05, 0) is 109 Å². The van der Waals surface area contributed by atoms with E-state index >= 15 is 0 Å².